The third kappa shape index (κ3) is 1.94. The molecule has 0 unspecified atom stereocenters. The maximum Gasteiger partial charge on any atom is 0.129 e. The number of aromatic nitrogens is 2. The Kier molecular flexibility index (Phi) is 2.60. The van der Waals surface area contributed by atoms with Crippen LogP contribution in [0, 0.1) is 17.4 Å². The molecule has 0 atom stereocenters. The van der Waals surface area contributed by atoms with E-state index in [2.05, 4.69) is 9.97 Å². The van der Waals surface area contributed by atoms with Crippen molar-refractivity contribution < 1.29 is 4.39 Å². The van der Waals surface area contributed by atoms with E-state index in [4.69, 9.17) is 12.2 Å². The fraction of sp³-hybridized carbons (Fsp3) is 0.0909. The van der Waals surface area contributed by atoms with Crippen LogP contribution < -0.4 is 0 Å². The molecule has 0 aliphatic heterocycles. The Morgan fingerprint density at radius 3 is 2.87 bits per heavy atom. The highest BCUT2D eigenvalue weighted by Gasteiger charge is 2.04. The molecule has 0 radical (unpaired) electrons. The highest BCUT2D eigenvalue weighted by Crippen LogP contribution is 2.19. The molecular formula is C11H9FN2S. The molecule has 1 aromatic heterocycles. The van der Waals surface area contributed by atoms with Crippen molar-refractivity contribution in [2.75, 3.05) is 0 Å². The first-order chi connectivity index (χ1) is 7.18. The Labute approximate surface area is 91.8 Å². The van der Waals surface area contributed by atoms with Crippen LogP contribution in [0.15, 0.2) is 30.6 Å². The maximum absolute atomic E-state index is 13.3. The molecule has 1 aromatic carbocycles. The van der Waals surface area contributed by atoms with Gasteiger partial charge in [0.25, 0.3) is 0 Å². The van der Waals surface area contributed by atoms with Crippen molar-refractivity contribution >= 4 is 12.2 Å². The monoisotopic (exact) mass is 220 g/mol. The number of halogens is 1. The standard InChI is InChI=1S/C11H9FN2S/c1-7-2-3-8(6-9(7)12)10-11(15)14-5-4-13-10/h2-6H,1H3,(H,14,15). The molecule has 2 aromatic rings. The Hall–Kier alpha value is -1.55. The summed E-state index contributed by atoms with van der Waals surface area (Å²) in [6.07, 6.45) is 3.25. The fourth-order valence-corrected chi connectivity index (χ4v) is 1.54. The molecule has 0 spiro atoms. The van der Waals surface area contributed by atoms with Crippen molar-refractivity contribution in [1.82, 2.24) is 9.97 Å². The van der Waals surface area contributed by atoms with Gasteiger partial charge in [-0.2, -0.15) is 0 Å². The summed E-state index contributed by atoms with van der Waals surface area (Å²) >= 11 is 5.07. The largest absolute Gasteiger partial charge is 0.350 e. The van der Waals surface area contributed by atoms with Crippen LogP contribution in [0.4, 0.5) is 4.39 Å². The lowest BCUT2D eigenvalue weighted by molar-refractivity contribution is 0.619. The second-order valence-corrected chi connectivity index (χ2v) is 3.64. The molecule has 76 valence electrons. The smallest absolute Gasteiger partial charge is 0.129 e. The number of hydrogen-bond donors (Lipinski definition) is 1. The Bertz CT molecular complexity index is 548. The number of rotatable bonds is 1. The van der Waals surface area contributed by atoms with E-state index in [0.717, 1.165) is 0 Å². The van der Waals surface area contributed by atoms with Crippen molar-refractivity contribution in [2.45, 2.75) is 6.92 Å². The zero-order chi connectivity index (χ0) is 10.8. The first-order valence-corrected chi connectivity index (χ1v) is 4.89. The summed E-state index contributed by atoms with van der Waals surface area (Å²) in [5.41, 5.74) is 1.91. The predicted molar refractivity (Wildman–Crippen MR) is 59.6 cm³/mol. The predicted octanol–water partition coefficient (Wildman–Crippen LogP) is 3.25. The quantitative estimate of drug-likeness (QED) is 0.747. The number of benzene rings is 1. The minimum absolute atomic E-state index is 0.243. The van der Waals surface area contributed by atoms with Crippen LogP contribution in [-0.2, 0) is 0 Å². The Morgan fingerprint density at radius 1 is 1.40 bits per heavy atom. The van der Waals surface area contributed by atoms with E-state index in [1.54, 1.807) is 25.4 Å². The third-order valence-corrected chi connectivity index (χ3v) is 2.46. The topological polar surface area (TPSA) is 28.7 Å². The van der Waals surface area contributed by atoms with Gasteiger partial charge in [0, 0.05) is 18.0 Å². The Balaban J connectivity index is 2.60. The minimum Gasteiger partial charge on any atom is -0.350 e. The molecule has 4 heteroatoms. The first-order valence-electron chi connectivity index (χ1n) is 4.48. The van der Waals surface area contributed by atoms with Gasteiger partial charge in [-0.1, -0.05) is 24.4 Å². The molecule has 0 saturated carbocycles. The summed E-state index contributed by atoms with van der Waals surface area (Å²) in [6, 6.07) is 4.97. The van der Waals surface area contributed by atoms with Crippen LogP contribution in [0.5, 0.6) is 0 Å². The summed E-state index contributed by atoms with van der Waals surface area (Å²) in [4.78, 5) is 6.98. The summed E-state index contributed by atoms with van der Waals surface area (Å²) < 4.78 is 13.8. The number of aryl methyl sites for hydroxylation is 1. The van der Waals surface area contributed by atoms with Gasteiger partial charge in [0.05, 0.1) is 0 Å². The van der Waals surface area contributed by atoms with Crippen LogP contribution >= 0.6 is 12.2 Å². The van der Waals surface area contributed by atoms with Crippen LogP contribution in [0.2, 0.25) is 0 Å². The number of H-pyrrole nitrogens is 1. The Morgan fingerprint density at radius 2 is 2.20 bits per heavy atom. The molecule has 0 saturated heterocycles. The highest BCUT2D eigenvalue weighted by atomic mass is 32.1. The van der Waals surface area contributed by atoms with Crippen LogP contribution in [0.25, 0.3) is 11.3 Å². The molecule has 1 N–H and O–H groups in total. The van der Waals surface area contributed by atoms with E-state index in [1.165, 1.54) is 6.07 Å². The van der Waals surface area contributed by atoms with Gasteiger partial charge in [-0.15, -0.1) is 0 Å². The summed E-state index contributed by atoms with van der Waals surface area (Å²) in [6.45, 7) is 1.72. The number of nitrogens with zero attached hydrogens (tertiary/aromatic N) is 1. The van der Waals surface area contributed by atoms with E-state index in [1.807, 2.05) is 6.07 Å². The molecule has 2 nitrogen and oxygen atoms in total. The van der Waals surface area contributed by atoms with Crippen molar-refractivity contribution in [3.63, 3.8) is 0 Å². The van der Waals surface area contributed by atoms with Gasteiger partial charge in [0.15, 0.2) is 0 Å². The van der Waals surface area contributed by atoms with Gasteiger partial charge >= 0.3 is 0 Å². The first kappa shape index (κ1) is 9.98. The lowest BCUT2D eigenvalue weighted by Gasteiger charge is -2.02. The van der Waals surface area contributed by atoms with Crippen molar-refractivity contribution in [3.8, 4) is 11.3 Å². The molecule has 1 heterocycles. The summed E-state index contributed by atoms with van der Waals surface area (Å²) in [7, 11) is 0. The average molecular weight is 220 g/mol. The molecule has 0 amide bonds. The fourth-order valence-electron chi connectivity index (χ4n) is 1.30. The van der Waals surface area contributed by atoms with Gasteiger partial charge in [0.2, 0.25) is 0 Å². The second kappa shape index (κ2) is 3.90. The molecule has 2 rings (SSSR count). The van der Waals surface area contributed by atoms with Gasteiger partial charge in [0.1, 0.15) is 16.2 Å². The number of aromatic amines is 1. The normalized spacial score (nSPS) is 10.3. The minimum atomic E-state index is -0.243. The third-order valence-electron chi connectivity index (χ3n) is 2.15. The van der Waals surface area contributed by atoms with E-state index in [9.17, 15) is 4.39 Å². The van der Waals surface area contributed by atoms with E-state index in [0.29, 0.717) is 21.5 Å². The highest BCUT2D eigenvalue weighted by molar-refractivity contribution is 7.71. The molecular weight excluding hydrogens is 211 g/mol. The second-order valence-electron chi connectivity index (χ2n) is 3.23. The van der Waals surface area contributed by atoms with Gasteiger partial charge in [-0.3, -0.25) is 4.98 Å². The lowest BCUT2D eigenvalue weighted by atomic mass is 10.1. The van der Waals surface area contributed by atoms with Crippen LogP contribution in [0.1, 0.15) is 5.56 Å². The molecule has 0 aliphatic carbocycles. The molecule has 15 heavy (non-hydrogen) atoms. The van der Waals surface area contributed by atoms with E-state index in [-0.39, 0.29) is 5.82 Å². The molecule has 0 fully saturated rings. The lowest BCUT2D eigenvalue weighted by Crippen LogP contribution is -1.89. The zero-order valence-electron chi connectivity index (χ0n) is 8.12. The summed E-state index contributed by atoms with van der Waals surface area (Å²) in [5, 5.41) is 0. The van der Waals surface area contributed by atoms with E-state index >= 15 is 0 Å². The number of nitrogens with one attached hydrogen (secondary N) is 1. The zero-order valence-corrected chi connectivity index (χ0v) is 8.94. The van der Waals surface area contributed by atoms with Gasteiger partial charge in [-0.05, 0) is 18.6 Å². The maximum atomic E-state index is 13.3. The van der Waals surface area contributed by atoms with Crippen LogP contribution in [-0.4, -0.2) is 9.97 Å². The van der Waals surface area contributed by atoms with E-state index < -0.39 is 0 Å². The van der Waals surface area contributed by atoms with Gasteiger partial charge in [-0.25, -0.2) is 4.39 Å². The summed E-state index contributed by atoms with van der Waals surface area (Å²) in [5.74, 6) is -0.243. The van der Waals surface area contributed by atoms with Crippen molar-refractivity contribution in [1.29, 1.82) is 0 Å². The van der Waals surface area contributed by atoms with Crippen molar-refractivity contribution in [3.05, 3.63) is 46.6 Å². The molecule has 0 aliphatic rings. The van der Waals surface area contributed by atoms with Gasteiger partial charge < -0.3 is 4.98 Å². The molecule has 0 bridgehead atoms. The number of hydrogen-bond acceptors (Lipinski definition) is 2. The van der Waals surface area contributed by atoms with Crippen molar-refractivity contribution in [2.24, 2.45) is 0 Å². The SMILES string of the molecule is Cc1ccc(-c2ncc[nH]c2=S)cc1F. The van der Waals surface area contributed by atoms with Crippen LogP contribution in [0.3, 0.4) is 0 Å². The average Bonchev–Trinajstić information content (AvgIpc) is 2.23.